The Morgan fingerprint density at radius 1 is 1.33 bits per heavy atom. The molecule has 0 spiro atoms. The number of rotatable bonds is 7. The number of carbonyl (C=O) groups excluding carboxylic acids is 1. The van der Waals surface area contributed by atoms with Gasteiger partial charge in [0.05, 0.1) is 5.69 Å². The quantitative estimate of drug-likeness (QED) is 0.618. The SMILES string of the molecule is CCNc1cccnc1S(=O)(=O)NCCNC(=O)N(C)C. The van der Waals surface area contributed by atoms with Crippen molar-refractivity contribution in [2.45, 2.75) is 11.9 Å². The molecule has 0 fully saturated rings. The van der Waals surface area contributed by atoms with Crippen molar-refractivity contribution in [2.24, 2.45) is 0 Å². The zero-order chi connectivity index (χ0) is 15.9. The first-order valence-corrected chi connectivity index (χ1v) is 8.00. The summed E-state index contributed by atoms with van der Waals surface area (Å²) in [6.07, 6.45) is 1.42. The van der Waals surface area contributed by atoms with Crippen LogP contribution in [0.15, 0.2) is 23.4 Å². The summed E-state index contributed by atoms with van der Waals surface area (Å²) in [5.41, 5.74) is 0.449. The van der Waals surface area contributed by atoms with Crippen LogP contribution < -0.4 is 15.4 Å². The number of amides is 2. The van der Waals surface area contributed by atoms with Gasteiger partial charge in [-0.1, -0.05) is 0 Å². The highest BCUT2D eigenvalue weighted by Crippen LogP contribution is 2.17. The minimum absolute atomic E-state index is 0.0502. The number of carbonyl (C=O) groups is 1. The highest BCUT2D eigenvalue weighted by Gasteiger charge is 2.19. The average Bonchev–Trinajstić information content (AvgIpc) is 2.44. The Labute approximate surface area is 125 Å². The van der Waals surface area contributed by atoms with Gasteiger partial charge >= 0.3 is 6.03 Å². The molecule has 1 aromatic heterocycles. The Hall–Kier alpha value is -1.87. The molecule has 1 aromatic rings. The fourth-order valence-electron chi connectivity index (χ4n) is 1.51. The molecule has 0 aliphatic heterocycles. The summed E-state index contributed by atoms with van der Waals surface area (Å²) in [5, 5.41) is 5.47. The first kappa shape index (κ1) is 17.2. The third-order valence-corrected chi connectivity index (χ3v) is 3.91. The van der Waals surface area contributed by atoms with Crippen molar-refractivity contribution in [3.8, 4) is 0 Å². The van der Waals surface area contributed by atoms with E-state index in [9.17, 15) is 13.2 Å². The maximum absolute atomic E-state index is 12.2. The average molecular weight is 315 g/mol. The molecule has 9 heteroatoms. The third kappa shape index (κ3) is 5.20. The monoisotopic (exact) mass is 315 g/mol. The van der Waals surface area contributed by atoms with Gasteiger partial charge in [-0.3, -0.25) is 0 Å². The lowest BCUT2D eigenvalue weighted by Gasteiger charge is -2.13. The van der Waals surface area contributed by atoms with Gasteiger partial charge in [0.15, 0.2) is 5.03 Å². The van der Waals surface area contributed by atoms with Crippen LogP contribution in [0.4, 0.5) is 10.5 Å². The van der Waals surface area contributed by atoms with E-state index in [1.54, 1.807) is 26.2 Å². The normalized spacial score (nSPS) is 11.0. The van der Waals surface area contributed by atoms with Gasteiger partial charge in [0.25, 0.3) is 10.0 Å². The van der Waals surface area contributed by atoms with Gasteiger partial charge in [-0.25, -0.2) is 22.9 Å². The zero-order valence-corrected chi connectivity index (χ0v) is 13.2. The van der Waals surface area contributed by atoms with Crippen LogP contribution in [0.3, 0.4) is 0 Å². The highest BCUT2D eigenvalue weighted by atomic mass is 32.2. The summed E-state index contributed by atoms with van der Waals surface area (Å²) in [6.45, 7) is 2.74. The molecule has 0 aliphatic rings. The topological polar surface area (TPSA) is 103 Å². The fourth-order valence-corrected chi connectivity index (χ4v) is 2.65. The van der Waals surface area contributed by atoms with Crippen molar-refractivity contribution in [3.63, 3.8) is 0 Å². The first-order chi connectivity index (χ1) is 9.88. The van der Waals surface area contributed by atoms with E-state index in [0.717, 1.165) is 0 Å². The second-order valence-corrected chi connectivity index (χ2v) is 6.09. The van der Waals surface area contributed by atoms with Crippen molar-refractivity contribution < 1.29 is 13.2 Å². The van der Waals surface area contributed by atoms with E-state index in [4.69, 9.17) is 0 Å². The standard InChI is InChI=1S/C12H21N5O3S/c1-4-13-10-6-5-7-14-11(10)21(19,20)16-9-8-15-12(18)17(2)3/h5-7,13,16H,4,8-9H2,1-3H3,(H,15,18). The molecule has 0 bridgehead atoms. The Morgan fingerprint density at radius 2 is 2.05 bits per heavy atom. The molecule has 21 heavy (non-hydrogen) atoms. The Kier molecular flexibility index (Phi) is 6.38. The number of aromatic nitrogens is 1. The number of anilines is 1. The molecular formula is C12H21N5O3S. The number of nitrogens with one attached hydrogen (secondary N) is 3. The maximum atomic E-state index is 12.2. The fraction of sp³-hybridized carbons (Fsp3) is 0.500. The Bertz CT molecular complexity index is 574. The summed E-state index contributed by atoms with van der Waals surface area (Å²) >= 11 is 0. The van der Waals surface area contributed by atoms with E-state index in [2.05, 4.69) is 20.3 Å². The lowest BCUT2D eigenvalue weighted by atomic mass is 10.4. The predicted octanol–water partition coefficient (Wildman–Crippen LogP) is 0.0629. The van der Waals surface area contributed by atoms with Crippen molar-refractivity contribution in [2.75, 3.05) is 39.0 Å². The van der Waals surface area contributed by atoms with E-state index in [1.807, 2.05) is 6.92 Å². The number of pyridine rings is 1. The molecule has 1 rings (SSSR count). The molecule has 118 valence electrons. The summed E-state index contributed by atoms with van der Waals surface area (Å²) in [4.78, 5) is 16.6. The van der Waals surface area contributed by atoms with Crippen LogP contribution in [0.2, 0.25) is 0 Å². The smallest absolute Gasteiger partial charge is 0.316 e. The van der Waals surface area contributed by atoms with E-state index >= 15 is 0 Å². The molecule has 0 saturated heterocycles. The minimum Gasteiger partial charge on any atom is -0.383 e. The van der Waals surface area contributed by atoms with Crippen molar-refractivity contribution in [1.82, 2.24) is 19.9 Å². The van der Waals surface area contributed by atoms with Crippen LogP contribution in [-0.2, 0) is 10.0 Å². The summed E-state index contributed by atoms with van der Waals surface area (Å²) in [5.74, 6) is 0. The lowest BCUT2D eigenvalue weighted by Crippen LogP contribution is -2.39. The second-order valence-electron chi connectivity index (χ2n) is 4.41. The summed E-state index contributed by atoms with van der Waals surface area (Å²) < 4.78 is 26.7. The minimum atomic E-state index is -3.72. The van der Waals surface area contributed by atoms with Gasteiger partial charge in [-0.05, 0) is 19.1 Å². The van der Waals surface area contributed by atoms with Crippen LogP contribution in [0.5, 0.6) is 0 Å². The van der Waals surface area contributed by atoms with Gasteiger partial charge in [-0.15, -0.1) is 0 Å². The largest absolute Gasteiger partial charge is 0.383 e. The molecule has 0 aliphatic carbocycles. The number of urea groups is 1. The zero-order valence-electron chi connectivity index (χ0n) is 12.4. The molecule has 0 unspecified atom stereocenters. The van der Waals surface area contributed by atoms with Gasteiger partial charge in [-0.2, -0.15) is 0 Å². The first-order valence-electron chi connectivity index (χ1n) is 6.52. The Morgan fingerprint density at radius 3 is 2.67 bits per heavy atom. The van der Waals surface area contributed by atoms with Gasteiger partial charge in [0.2, 0.25) is 0 Å². The van der Waals surface area contributed by atoms with Crippen LogP contribution in [0.25, 0.3) is 0 Å². The molecule has 3 N–H and O–H groups in total. The maximum Gasteiger partial charge on any atom is 0.316 e. The van der Waals surface area contributed by atoms with Gasteiger partial charge in [0.1, 0.15) is 0 Å². The van der Waals surface area contributed by atoms with E-state index in [-0.39, 0.29) is 24.1 Å². The number of hydrogen-bond donors (Lipinski definition) is 3. The van der Waals surface area contributed by atoms with Crippen LogP contribution >= 0.6 is 0 Å². The molecule has 0 radical (unpaired) electrons. The molecular weight excluding hydrogens is 294 g/mol. The van der Waals surface area contributed by atoms with E-state index in [1.165, 1.54) is 11.1 Å². The number of hydrogen-bond acceptors (Lipinski definition) is 5. The number of nitrogens with zero attached hydrogens (tertiary/aromatic N) is 2. The van der Waals surface area contributed by atoms with Crippen LogP contribution in [-0.4, -0.2) is 58.1 Å². The Balaban J connectivity index is 2.64. The summed E-state index contributed by atoms with van der Waals surface area (Å²) in [6, 6.07) is 3.04. The second kappa shape index (κ2) is 7.79. The molecule has 2 amide bonds. The molecule has 8 nitrogen and oxygen atoms in total. The molecule has 0 atom stereocenters. The van der Waals surface area contributed by atoms with Crippen molar-refractivity contribution >= 4 is 21.7 Å². The van der Waals surface area contributed by atoms with Crippen LogP contribution in [0, 0.1) is 0 Å². The van der Waals surface area contributed by atoms with E-state index in [0.29, 0.717) is 12.2 Å². The van der Waals surface area contributed by atoms with Gasteiger partial charge < -0.3 is 15.5 Å². The molecule has 0 aromatic carbocycles. The number of sulfonamides is 1. The third-order valence-electron chi connectivity index (χ3n) is 2.49. The summed E-state index contributed by atoms with van der Waals surface area (Å²) in [7, 11) is -0.505. The van der Waals surface area contributed by atoms with Crippen LogP contribution in [0.1, 0.15) is 6.92 Å². The van der Waals surface area contributed by atoms with Crippen molar-refractivity contribution in [1.29, 1.82) is 0 Å². The van der Waals surface area contributed by atoms with Crippen molar-refractivity contribution in [3.05, 3.63) is 18.3 Å². The van der Waals surface area contributed by atoms with E-state index < -0.39 is 10.0 Å². The lowest BCUT2D eigenvalue weighted by molar-refractivity contribution is 0.217. The molecule has 0 saturated carbocycles. The highest BCUT2D eigenvalue weighted by molar-refractivity contribution is 7.89. The van der Waals surface area contributed by atoms with Gasteiger partial charge in [0, 0.05) is 39.9 Å². The predicted molar refractivity (Wildman–Crippen MR) is 80.7 cm³/mol. The molecule has 1 heterocycles.